The van der Waals surface area contributed by atoms with Gasteiger partial charge in [0, 0.05) is 5.75 Å². The van der Waals surface area contributed by atoms with Crippen LogP contribution in [0.1, 0.15) is 19.8 Å². The quantitative estimate of drug-likeness (QED) is 0.584. The Bertz CT molecular complexity index is 304. The van der Waals surface area contributed by atoms with Crippen LogP contribution in [0.5, 0.6) is 0 Å². The summed E-state index contributed by atoms with van der Waals surface area (Å²) in [6.45, 7) is 2.74. The third kappa shape index (κ3) is 4.63. The van der Waals surface area contributed by atoms with Crippen LogP contribution in [0.15, 0.2) is 11.5 Å². The second-order valence-corrected chi connectivity index (χ2v) is 4.36. The molecule has 0 radical (unpaired) electrons. The number of rotatable bonds is 8. The Morgan fingerprint density at radius 1 is 1.75 bits per heavy atom. The molecule has 1 aromatic heterocycles. The van der Waals surface area contributed by atoms with E-state index >= 15 is 0 Å². The number of aromatic nitrogens is 3. The summed E-state index contributed by atoms with van der Waals surface area (Å²) in [7, 11) is 0. The van der Waals surface area contributed by atoms with Crippen molar-refractivity contribution < 1.29 is 9.90 Å². The van der Waals surface area contributed by atoms with Crippen molar-refractivity contribution in [2.24, 2.45) is 0 Å². The normalized spacial score (nSPS) is 12.6. The molecule has 0 saturated carbocycles. The van der Waals surface area contributed by atoms with Crippen molar-refractivity contribution in [2.45, 2.75) is 31.0 Å². The highest BCUT2D eigenvalue weighted by Gasteiger charge is 2.15. The standard InChI is InChI=1S/C9H16N4O2S/c1-2-4-10-7(8(14)15)3-5-16-9-11-6-12-13-9/h6-7,10H,2-5H2,1H3,(H,14,15)(H,11,12,13). The molecule has 0 aliphatic heterocycles. The number of carboxylic acids is 1. The molecule has 0 fully saturated rings. The van der Waals surface area contributed by atoms with Crippen molar-refractivity contribution >= 4 is 17.7 Å². The topological polar surface area (TPSA) is 90.9 Å². The molecular formula is C9H16N4O2S. The van der Waals surface area contributed by atoms with Crippen LogP contribution in [0.2, 0.25) is 0 Å². The highest BCUT2D eigenvalue weighted by Crippen LogP contribution is 2.13. The van der Waals surface area contributed by atoms with E-state index in [0.29, 0.717) is 12.2 Å². The molecule has 90 valence electrons. The Balaban J connectivity index is 2.24. The molecule has 7 heteroatoms. The highest BCUT2D eigenvalue weighted by molar-refractivity contribution is 7.99. The predicted molar refractivity (Wildman–Crippen MR) is 61.4 cm³/mol. The summed E-state index contributed by atoms with van der Waals surface area (Å²) in [5.74, 6) is -0.102. The molecule has 0 amide bonds. The summed E-state index contributed by atoms with van der Waals surface area (Å²) in [5.41, 5.74) is 0. The minimum atomic E-state index is -0.799. The minimum Gasteiger partial charge on any atom is -0.480 e. The van der Waals surface area contributed by atoms with Crippen molar-refractivity contribution in [3.63, 3.8) is 0 Å². The van der Waals surface area contributed by atoms with Crippen LogP contribution in [0, 0.1) is 0 Å². The average molecular weight is 244 g/mol. The van der Waals surface area contributed by atoms with Crippen molar-refractivity contribution in [2.75, 3.05) is 12.3 Å². The van der Waals surface area contributed by atoms with Gasteiger partial charge in [0.1, 0.15) is 12.4 Å². The van der Waals surface area contributed by atoms with Gasteiger partial charge in [0.2, 0.25) is 0 Å². The van der Waals surface area contributed by atoms with Gasteiger partial charge in [0.15, 0.2) is 5.16 Å². The Kier molecular flexibility index (Phi) is 5.87. The SMILES string of the molecule is CCCNC(CCSc1ncn[nH]1)C(=O)O. The zero-order valence-electron chi connectivity index (χ0n) is 9.14. The summed E-state index contributed by atoms with van der Waals surface area (Å²) in [4.78, 5) is 14.8. The van der Waals surface area contributed by atoms with E-state index in [9.17, 15) is 4.79 Å². The fraction of sp³-hybridized carbons (Fsp3) is 0.667. The van der Waals surface area contributed by atoms with Gasteiger partial charge in [0.05, 0.1) is 0 Å². The van der Waals surface area contributed by atoms with Crippen molar-refractivity contribution in [3.05, 3.63) is 6.33 Å². The summed E-state index contributed by atoms with van der Waals surface area (Å²) >= 11 is 1.47. The molecule has 1 rings (SSSR count). The van der Waals surface area contributed by atoms with E-state index in [1.54, 1.807) is 0 Å². The van der Waals surface area contributed by atoms with E-state index in [2.05, 4.69) is 20.5 Å². The maximum Gasteiger partial charge on any atom is 0.320 e. The lowest BCUT2D eigenvalue weighted by Gasteiger charge is -2.12. The van der Waals surface area contributed by atoms with Crippen LogP contribution >= 0.6 is 11.8 Å². The summed E-state index contributed by atoms with van der Waals surface area (Å²) in [6.07, 6.45) is 2.94. The average Bonchev–Trinajstić information content (AvgIpc) is 2.75. The van der Waals surface area contributed by atoms with Gasteiger partial charge in [-0.25, -0.2) is 4.98 Å². The van der Waals surface area contributed by atoms with E-state index in [1.807, 2.05) is 6.92 Å². The Labute approximate surface area is 98.2 Å². The van der Waals surface area contributed by atoms with Gasteiger partial charge in [-0.3, -0.25) is 9.89 Å². The second kappa shape index (κ2) is 7.24. The van der Waals surface area contributed by atoms with Crippen molar-refractivity contribution in [3.8, 4) is 0 Å². The molecule has 1 aromatic rings. The number of carbonyl (C=O) groups is 1. The molecule has 16 heavy (non-hydrogen) atoms. The van der Waals surface area contributed by atoms with Crippen LogP contribution in [0.3, 0.4) is 0 Å². The first-order valence-corrected chi connectivity index (χ1v) is 6.17. The van der Waals surface area contributed by atoms with Gasteiger partial charge in [-0.1, -0.05) is 18.7 Å². The van der Waals surface area contributed by atoms with Gasteiger partial charge < -0.3 is 10.4 Å². The van der Waals surface area contributed by atoms with Crippen LogP contribution in [0.25, 0.3) is 0 Å². The smallest absolute Gasteiger partial charge is 0.320 e. The third-order valence-corrected chi connectivity index (χ3v) is 2.89. The van der Waals surface area contributed by atoms with Crippen LogP contribution < -0.4 is 5.32 Å². The molecule has 6 nitrogen and oxygen atoms in total. The molecule has 0 bridgehead atoms. The minimum absolute atomic E-state index is 0.477. The molecule has 0 spiro atoms. The Morgan fingerprint density at radius 3 is 3.12 bits per heavy atom. The van der Waals surface area contributed by atoms with Gasteiger partial charge >= 0.3 is 5.97 Å². The molecule has 0 aliphatic carbocycles. The number of hydrogen-bond acceptors (Lipinski definition) is 5. The van der Waals surface area contributed by atoms with Gasteiger partial charge in [-0.15, -0.1) is 0 Å². The van der Waals surface area contributed by atoms with Gasteiger partial charge in [-0.05, 0) is 19.4 Å². The third-order valence-electron chi connectivity index (χ3n) is 1.98. The van der Waals surface area contributed by atoms with Gasteiger partial charge in [-0.2, -0.15) is 5.10 Å². The first kappa shape index (κ1) is 13.0. The van der Waals surface area contributed by atoms with E-state index in [0.717, 1.165) is 18.1 Å². The molecule has 3 N–H and O–H groups in total. The largest absolute Gasteiger partial charge is 0.480 e. The van der Waals surface area contributed by atoms with E-state index in [-0.39, 0.29) is 0 Å². The van der Waals surface area contributed by atoms with Gasteiger partial charge in [0.25, 0.3) is 0 Å². The van der Waals surface area contributed by atoms with Crippen molar-refractivity contribution in [1.82, 2.24) is 20.5 Å². The predicted octanol–water partition coefficient (Wildman–Crippen LogP) is 0.740. The number of thioether (sulfide) groups is 1. The fourth-order valence-electron chi connectivity index (χ4n) is 1.17. The number of aromatic amines is 1. The number of aliphatic carboxylic acids is 1. The number of H-pyrrole nitrogens is 1. The van der Waals surface area contributed by atoms with E-state index in [4.69, 9.17) is 5.11 Å². The molecule has 0 saturated heterocycles. The van der Waals surface area contributed by atoms with Crippen LogP contribution in [-0.2, 0) is 4.79 Å². The Hall–Kier alpha value is -1.08. The summed E-state index contributed by atoms with van der Waals surface area (Å²) in [6, 6.07) is -0.477. The zero-order chi connectivity index (χ0) is 11.8. The molecule has 1 heterocycles. The first-order valence-electron chi connectivity index (χ1n) is 5.18. The number of hydrogen-bond donors (Lipinski definition) is 3. The highest BCUT2D eigenvalue weighted by atomic mass is 32.2. The number of carboxylic acid groups (broad SMARTS) is 1. The monoisotopic (exact) mass is 244 g/mol. The van der Waals surface area contributed by atoms with Crippen LogP contribution in [-0.4, -0.2) is 44.6 Å². The maximum absolute atomic E-state index is 10.9. The second-order valence-electron chi connectivity index (χ2n) is 3.27. The lowest BCUT2D eigenvalue weighted by Crippen LogP contribution is -2.37. The maximum atomic E-state index is 10.9. The summed E-state index contributed by atoms with van der Waals surface area (Å²) in [5, 5.41) is 19.1. The van der Waals surface area contributed by atoms with E-state index in [1.165, 1.54) is 18.1 Å². The molecule has 1 atom stereocenters. The number of nitrogens with one attached hydrogen (secondary N) is 2. The molecule has 0 aliphatic rings. The molecule has 1 unspecified atom stereocenters. The lowest BCUT2D eigenvalue weighted by molar-refractivity contribution is -0.139. The molecular weight excluding hydrogens is 228 g/mol. The Morgan fingerprint density at radius 2 is 2.56 bits per heavy atom. The zero-order valence-corrected chi connectivity index (χ0v) is 9.96. The van der Waals surface area contributed by atoms with Crippen molar-refractivity contribution in [1.29, 1.82) is 0 Å². The van der Waals surface area contributed by atoms with E-state index < -0.39 is 12.0 Å². The summed E-state index contributed by atoms with van der Waals surface area (Å²) < 4.78 is 0. The number of nitrogens with zero attached hydrogens (tertiary/aromatic N) is 2. The first-order chi connectivity index (χ1) is 7.74. The molecule has 0 aromatic carbocycles. The fourth-order valence-corrected chi connectivity index (χ4v) is 1.95. The lowest BCUT2D eigenvalue weighted by atomic mass is 10.2. The van der Waals surface area contributed by atoms with Crippen LogP contribution in [0.4, 0.5) is 0 Å².